The van der Waals surface area contributed by atoms with Crippen molar-refractivity contribution in [2.24, 2.45) is 0 Å². The molecule has 0 unspecified atom stereocenters. The molecule has 0 amide bonds. The second kappa shape index (κ2) is 4.97. The number of fused-ring (bicyclic) bond motifs is 1. The number of anilines is 1. The molecule has 3 rings (SSSR count). The minimum absolute atomic E-state index is 0.552. The number of methoxy groups -OCH3 is 1. The maximum Gasteiger partial charge on any atom is 0.162 e. The summed E-state index contributed by atoms with van der Waals surface area (Å²) in [4.78, 5) is 9.15. The molecule has 1 aliphatic carbocycles. The molecule has 1 heterocycles. The molecule has 1 aromatic carbocycles. The Morgan fingerprint density at radius 2 is 2.05 bits per heavy atom. The molecule has 0 aliphatic heterocycles. The first kappa shape index (κ1) is 12.1. The van der Waals surface area contributed by atoms with Crippen LogP contribution >= 0.6 is 0 Å². The molecule has 0 saturated heterocycles. The number of aromatic nitrogens is 2. The van der Waals surface area contributed by atoms with Crippen molar-refractivity contribution in [2.45, 2.75) is 25.9 Å². The summed E-state index contributed by atoms with van der Waals surface area (Å²) in [7, 11) is 1.69. The van der Waals surface area contributed by atoms with Crippen LogP contribution in [0.15, 0.2) is 24.3 Å². The zero-order chi connectivity index (χ0) is 13.2. The number of aryl methyl sites for hydroxylation is 1. The van der Waals surface area contributed by atoms with Gasteiger partial charge in [0.2, 0.25) is 0 Å². The van der Waals surface area contributed by atoms with E-state index in [-0.39, 0.29) is 0 Å². The van der Waals surface area contributed by atoms with Crippen LogP contribution in [0.5, 0.6) is 0 Å². The summed E-state index contributed by atoms with van der Waals surface area (Å²) in [6.45, 7) is 0.552. The average molecular weight is 255 g/mol. The Kier molecular flexibility index (Phi) is 3.17. The summed E-state index contributed by atoms with van der Waals surface area (Å²) in [5, 5.41) is 0. The molecule has 0 spiro atoms. The number of nitrogens with zero attached hydrogens (tertiary/aromatic N) is 2. The van der Waals surface area contributed by atoms with Crippen molar-refractivity contribution in [1.82, 2.24) is 9.97 Å². The quantitative estimate of drug-likeness (QED) is 0.914. The lowest BCUT2D eigenvalue weighted by Crippen LogP contribution is -2.04. The van der Waals surface area contributed by atoms with Crippen LogP contribution in [0.1, 0.15) is 23.2 Å². The Balaban J connectivity index is 2.10. The standard InChI is InChI=1S/C15H17N3O/c1-19-9-10-5-2-3-6-11(10)15-17-13-8-4-7-12(13)14(16)18-15/h2-3,5-6H,4,7-9H2,1H3,(H2,16,17,18). The molecule has 0 saturated carbocycles. The normalized spacial score (nSPS) is 13.5. The van der Waals surface area contributed by atoms with Crippen molar-refractivity contribution in [3.63, 3.8) is 0 Å². The molecule has 98 valence electrons. The summed E-state index contributed by atoms with van der Waals surface area (Å²) in [6.07, 6.45) is 3.13. The van der Waals surface area contributed by atoms with Crippen molar-refractivity contribution in [3.8, 4) is 11.4 Å². The first-order chi connectivity index (χ1) is 9.29. The second-order valence-corrected chi connectivity index (χ2v) is 4.80. The van der Waals surface area contributed by atoms with Crippen LogP contribution in [0.4, 0.5) is 5.82 Å². The fourth-order valence-electron chi connectivity index (χ4n) is 2.60. The highest BCUT2D eigenvalue weighted by Gasteiger charge is 2.19. The fraction of sp³-hybridized carbons (Fsp3) is 0.333. The highest BCUT2D eigenvalue weighted by Crippen LogP contribution is 2.28. The van der Waals surface area contributed by atoms with Gasteiger partial charge < -0.3 is 10.5 Å². The van der Waals surface area contributed by atoms with E-state index in [1.54, 1.807) is 7.11 Å². The highest BCUT2D eigenvalue weighted by molar-refractivity contribution is 5.63. The number of nitrogen functional groups attached to an aromatic ring is 1. The van der Waals surface area contributed by atoms with E-state index in [0.717, 1.165) is 41.6 Å². The van der Waals surface area contributed by atoms with Crippen LogP contribution in [0.2, 0.25) is 0 Å². The number of hydrogen-bond donors (Lipinski definition) is 1. The minimum atomic E-state index is 0.552. The predicted octanol–water partition coefficient (Wildman–Crippen LogP) is 2.36. The molecule has 0 fully saturated rings. The molecular weight excluding hydrogens is 238 g/mol. The third-order valence-electron chi connectivity index (χ3n) is 3.52. The maximum absolute atomic E-state index is 6.05. The molecule has 2 aromatic rings. The van der Waals surface area contributed by atoms with Crippen LogP contribution in [0, 0.1) is 0 Å². The molecule has 0 atom stereocenters. The molecule has 4 heteroatoms. The van der Waals surface area contributed by atoms with Crippen molar-refractivity contribution >= 4 is 5.82 Å². The van der Waals surface area contributed by atoms with Crippen molar-refractivity contribution in [2.75, 3.05) is 12.8 Å². The lowest BCUT2D eigenvalue weighted by Gasteiger charge is -2.10. The first-order valence-corrected chi connectivity index (χ1v) is 6.52. The number of rotatable bonds is 3. The van der Waals surface area contributed by atoms with Gasteiger partial charge in [-0.25, -0.2) is 9.97 Å². The molecule has 0 bridgehead atoms. The number of ether oxygens (including phenoxy) is 1. The molecule has 19 heavy (non-hydrogen) atoms. The van der Waals surface area contributed by atoms with E-state index >= 15 is 0 Å². The van der Waals surface area contributed by atoms with Crippen LogP contribution in [-0.4, -0.2) is 17.1 Å². The predicted molar refractivity (Wildman–Crippen MR) is 74.6 cm³/mol. The topological polar surface area (TPSA) is 61.0 Å². The van der Waals surface area contributed by atoms with E-state index in [2.05, 4.69) is 9.97 Å². The molecule has 4 nitrogen and oxygen atoms in total. The lowest BCUT2D eigenvalue weighted by molar-refractivity contribution is 0.185. The van der Waals surface area contributed by atoms with Crippen molar-refractivity contribution < 1.29 is 4.74 Å². The Hall–Kier alpha value is -1.94. The van der Waals surface area contributed by atoms with Crippen LogP contribution in [0.3, 0.4) is 0 Å². The van der Waals surface area contributed by atoms with Gasteiger partial charge in [-0.05, 0) is 24.8 Å². The molecular formula is C15H17N3O. The van der Waals surface area contributed by atoms with Gasteiger partial charge in [0.05, 0.1) is 6.61 Å². The maximum atomic E-state index is 6.05. The van der Waals surface area contributed by atoms with E-state index in [1.165, 1.54) is 0 Å². The first-order valence-electron chi connectivity index (χ1n) is 6.52. The third-order valence-corrected chi connectivity index (χ3v) is 3.52. The summed E-state index contributed by atoms with van der Waals surface area (Å²) in [5.41, 5.74) is 10.4. The molecule has 1 aromatic heterocycles. The Morgan fingerprint density at radius 3 is 2.89 bits per heavy atom. The van der Waals surface area contributed by atoms with E-state index in [1.807, 2.05) is 24.3 Å². The summed E-state index contributed by atoms with van der Waals surface area (Å²) >= 11 is 0. The minimum Gasteiger partial charge on any atom is -0.383 e. The number of nitrogens with two attached hydrogens (primary N) is 1. The number of benzene rings is 1. The van der Waals surface area contributed by atoms with Gasteiger partial charge in [-0.2, -0.15) is 0 Å². The van der Waals surface area contributed by atoms with Crippen LogP contribution < -0.4 is 5.73 Å². The molecule has 2 N–H and O–H groups in total. The zero-order valence-electron chi connectivity index (χ0n) is 11.0. The zero-order valence-corrected chi connectivity index (χ0v) is 11.0. The average Bonchev–Trinajstić information content (AvgIpc) is 2.88. The van der Waals surface area contributed by atoms with Gasteiger partial charge in [-0.15, -0.1) is 0 Å². The van der Waals surface area contributed by atoms with Crippen molar-refractivity contribution in [3.05, 3.63) is 41.1 Å². The van der Waals surface area contributed by atoms with Crippen LogP contribution in [0.25, 0.3) is 11.4 Å². The largest absolute Gasteiger partial charge is 0.383 e. The third kappa shape index (κ3) is 2.19. The van der Waals surface area contributed by atoms with Gasteiger partial charge in [-0.1, -0.05) is 24.3 Å². The van der Waals surface area contributed by atoms with Gasteiger partial charge in [0.1, 0.15) is 5.82 Å². The molecule has 0 radical (unpaired) electrons. The van der Waals surface area contributed by atoms with E-state index in [0.29, 0.717) is 18.2 Å². The van der Waals surface area contributed by atoms with Gasteiger partial charge in [-0.3, -0.25) is 0 Å². The summed E-state index contributed by atoms with van der Waals surface area (Å²) in [5.74, 6) is 1.34. The Labute approximate surface area is 112 Å². The summed E-state index contributed by atoms with van der Waals surface area (Å²) < 4.78 is 5.23. The smallest absolute Gasteiger partial charge is 0.162 e. The van der Waals surface area contributed by atoms with E-state index in [9.17, 15) is 0 Å². The van der Waals surface area contributed by atoms with E-state index < -0.39 is 0 Å². The fourth-order valence-corrected chi connectivity index (χ4v) is 2.60. The highest BCUT2D eigenvalue weighted by atomic mass is 16.5. The Morgan fingerprint density at radius 1 is 1.21 bits per heavy atom. The van der Waals surface area contributed by atoms with Gasteiger partial charge in [0.15, 0.2) is 5.82 Å². The second-order valence-electron chi connectivity index (χ2n) is 4.80. The van der Waals surface area contributed by atoms with Gasteiger partial charge >= 0.3 is 0 Å². The Bertz CT molecular complexity index is 610. The lowest BCUT2D eigenvalue weighted by atomic mass is 10.1. The van der Waals surface area contributed by atoms with Crippen LogP contribution in [-0.2, 0) is 24.2 Å². The van der Waals surface area contributed by atoms with Gasteiger partial charge in [0, 0.05) is 23.9 Å². The van der Waals surface area contributed by atoms with Crippen molar-refractivity contribution in [1.29, 1.82) is 0 Å². The molecule has 1 aliphatic rings. The monoisotopic (exact) mass is 255 g/mol. The summed E-state index contributed by atoms with van der Waals surface area (Å²) in [6, 6.07) is 8.03. The number of hydrogen-bond acceptors (Lipinski definition) is 4. The van der Waals surface area contributed by atoms with E-state index in [4.69, 9.17) is 10.5 Å². The van der Waals surface area contributed by atoms with Gasteiger partial charge in [0.25, 0.3) is 0 Å². The SMILES string of the molecule is COCc1ccccc1-c1nc(N)c2c(n1)CCC2.